The summed E-state index contributed by atoms with van der Waals surface area (Å²) in [5, 5.41) is 0. The van der Waals surface area contributed by atoms with Crippen molar-refractivity contribution in [2.75, 3.05) is 22.9 Å². The highest BCUT2D eigenvalue weighted by molar-refractivity contribution is 7.99. The summed E-state index contributed by atoms with van der Waals surface area (Å²) in [5.74, 6) is 0. The van der Waals surface area contributed by atoms with Crippen molar-refractivity contribution in [3.8, 4) is 0 Å². The molecule has 2 rings (SSSR count). The number of hydrogen-bond donors (Lipinski definition) is 4. The molecular formula is C13H16N4S. The van der Waals surface area contributed by atoms with Crippen LogP contribution in [0.1, 0.15) is 5.56 Å². The second-order valence-corrected chi connectivity index (χ2v) is 5.23. The third-order valence-corrected chi connectivity index (χ3v) is 3.80. The molecule has 0 bridgehead atoms. The molecule has 18 heavy (non-hydrogen) atoms. The summed E-state index contributed by atoms with van der Waals surface area (Å²) in [4.78, 5) is 1.76. The standard InChI is InChI=1S/C13H16N4S/c1-7-4-11(17)13(6-10(7)16)18-12-5-8(14)2-3-9(12)15/h2-6H,14-17H2,1H3. The Bertz CT molecular complexity index is 596. The smallest absolute Gasteiger partial charge is 0.0460 e. The van der Waals surface area contributed by atoms with Gasteiger partial charge in [0.15, 0.2) is 0 Å². The first kappa shape index (κ1) is 12.4. The Kier molecular flexibility index (Phi) is 3.25. The summed E-state index contributed by atoms with van der Waals surface area (Å²) in [6, 6.07) is 9.10. The first-order valence-corrected chi connectivity index (χ1v) is 6.27. The first-order valence-electron chi connectivity index (χ1n) is 5.46. The highest BCUT2D eigenvalue weighted by atomic mass is 32.2. The van der Waals surface area contributed by atoms with E-state index in [1.165, 1.54) is 11.8 Å². The topological polar surface area (TPSA) is 104 Å². The van der Waals surface area contributed by atoms with Gasteiger partial charge in [0.25, 0.3) is 0 Å². The molecule has 0 radical (unpaired) electrons. The number of hydrogen-bond acceptors (Lipinski definition) is 5. The largest absolute Gasteiger partial charge is 0.399 e. The quantitative estimate of drug-likeness (QED) is 0.621. The Labute approximate surface area is 110 Å². The third-order valence-electron chi connectivity index (χ3n) is 2.66. The van der Waals surface area contributed by atoms with Crippen LogP contribution in [0.15, 0.2) is 40.1 Å². The van der Waals surface area contributed by atoms with Crippen molar-refractivity contribution < 1.29 is 0 Å². The minimum Gasteiger partial charge on any atom is -0.399 e. The Morgan fingerprint density at radius 3 is 2.17 bits per heavy atom. The van der Waals surface area contributed by atoms with E-state index < -0.39 is 0 Å². The van der Waals surface area contributed by atoms with E-state index >= 15 is 0 Å². The van der Waals surface area contributed by atoms with Gasteiger partial charge in [0.05, 0.1) is 0 Å². The summed E-state index contributed by atoms with van der Waals surface area (Å²) < 4.78 is 0. The maximum atomic E-state index is 5.98. The van der Waals surface area contributed by atoms with Crippen LogP contribution < -0.4 is 22.9 Å². The van der Waals surface area contributed by atoms with Crippen molar-refractivity contribution in [2.24, 2.45) is 0 Å². The fourth-order valence-corrected chi connectivity index (χ4v) is 2.55. The molecule has 0 spiro atoms. The van der Waals surface area contributed by atoms with Gasteiger partial charge in [-0.3, -0.25) is 0 Å². The molecule has 0 fully saturated rings. The monoisotopic (exact) mass is 260 g/mol. The predicted octanol–water partition coefficient (Wildman–Crippen LogP) is 2.48. The van der Waals surface area contributed by atoms with Crippen molar-refractivity contribution >= 4 is 34.5 Å². The van der Waals surface area contributed by atoms with Crippen LogP contribution in [-0.2, 0) is 0 Å². The molecule has 0 atom stereocenters. The lowest BCUT2D eigenvalue weighted by Gasteiger charge is -2.11. The van der Waals surface area contributed by atoms with Crippen LogP contribution >= 0.6 is 11.8 Å². The Hall–Kier alpha value is -2.01. The van der Waals surface area contributed by atoms with Gasteiger partial charge in [-0.15, -0.1) is 0 Å². The number of rotatable bonds is 2. The van der Waals surface area contributed by atoms with E-state index in [1.807, 2.05) is 25.1 Å². The molecular weight excluding hydrogens is 244 g/mol. The molecule has 0 aliphatic carbocycles. The van der Waals surface area contributed by atoms with Crippen LogP contribution in [0.2, 0.25) is 0 Å². The van der Waals surface area contributed by atoms with Crippen LogP contribution in [0.5, 0.6) is 0 Å². The van der Waals surface area contributed by atoms with Crippen molar-refractivity contribution in [3.05, 3.63) is 35.9 Å². The third kappa shape index (κ3) is 2.46. The van der Waals surface area contributed by atoms with E-state index in [0.717, 1.165) is 15.4 Å². The molecule has 94 valence electrons. The minimum atomic E-state index is 0.672. The summed E-state index contributed by atoms with van der Waals surface area (Å²) in [6.45, 7) is 1.93. The average molecular weight is 260 g/mol. The normalized spacial score (nSPS) is 10.5. The minimum absolute atomic E-state index is 0.672. The van der Waals surface area contributed by atoms with E-state index in [2.05, 4.69) is 0 Å². The van der Waals surface area contributed by atoms with Crippen molar-refractivity contribution in [2.45, 2.75) is 16.7 Å². The molecule has 0 aromatic heterocycles. The van der Waals surface area contributed by atoms with Gasteiger partial charge in [0.1, 0.15) is 0 Å². The van der Waals surface area contributed by atoms with E-state index in [0.29, 0.717) is 22.7 Å². The van der Waals surface area contributed by atoms with Gasteiger partial charge >= 0.3 is 0 Å². The highest BCUT2D eigenvalue weighted by Crippen LogP contribution is 2.38. The van der Waals surface area contributed by atoms with Crippen LogP contribution in [0, 0.1) is 6.92 Å². The number of aryl methyl sites for hydroxylation is 1. The average Bonchev–Trinajstić information content (AvgIpc) is 2.30. The Balaban J connectivity index is 2.40. The molecule has 0 saturated heterocycles. The molecule has 0 saturated carbocycles. The second-order valence-electron chi connectivity index (χ2n) is 4.15. The van der Waals surface area contributed by atoms with Crippen molar-refractivity contribution in [1.82, 2.24) is 0 Å². The molecule has 8 N–H and O–H groups in total. The molecule has 2 aromatic carbocycles. The van der Waals surface area contributed by atoms with E-state index in [-0.39, 0.29) is 0 Å². The van der Waals surface area contributed by atoms with Crippen molar-refractivity contribution in [1.29, 1.82) is 0 Å². The maximum Gasteiger partial charge on any atom is 0.0460 e. The molecule has 0 aliphatic rings. The zero-order valence-electron chi connectivity index (χ0n) is 10.1. The predicted molar refractivity (Wildman–Crippen MR) is 79.4 cm³/mol. The van der Waals surface area contributed by atoms with Gasteiger partial charge < -0.3 is 22.9 Å². The lowest BCUT2D eigenvalue weighted by Crippen LogP contribution is -1.96. The van der Waals surface area contributed by atoms with E-state index in [4.69, 9.17) is 22.9 Å². The summed E-state index contributed by atoms with van der Waals surface area (Å²) >= 11 is 1.47. The summed E-state index contributed by atoms with van der Waals surface area (Å²) in [5.41, 5.74) is 27.2. The number of nitrogens with two attached hydrogens (primary N) is 4. The van der Waals surface area contributed by atoms with Gasteiger partial charge in [0, 0.05) is 32.5 Å². The molecule has 2 aromatic rings. The highest BCUT2D eigenvalue weighted by Gasteiger charge is 2.08. The number of anilines is 4. The van der Waals surface area contributed by atoms with Crippen LogP contribution in [0.4, 0.5) is 22.7 Å². The molecule has 0 heterocycles. The zero-order valence-corrected chi connectivity index (χ0v) is 10.9. The van der Waals surface area contributed by atoms with E-state index in [1.54, 1.807) is 12.1 Å². The molecule has 0 amide bonds. The van der Waals surface area contributed by atoms with Gasteiger partial charge in [-0.25, -0.2) is 0 Å². The fraction of sp³-hybridized carbons (Fsp3) is 0.0769. The Morgan fingerprint density at radius 1 is 0.778 bits per heavy atom. The fourth-order valence-electron chi connectivity index (χ4n) is 1.57. The summed E-state index contributed by atoms with van der Waals surface area (Å²) in [6.07, 6.45) is 0. The van der Waals surface area contributed by atoms with Crippen LogP contribution in [0.25, 0.3) is 0 Å². The van der Waals surface area contributed by atoms with Gasteiger partial charge in [-0.05, 0) is 42.8 Å². The lowest BCUT2D eigenvalue weighted by atomic mass is 10.2. The van der Waals surface area contributed by atoms with E-state index in [9.17, 15) is 0 Å². The van der Waals surface area contributed by atoms with Crippen LogP contribution in [0.3, 0.4) is 0 Å². The van der Waals surface area contributed by atoms with Gasteiger partial charge in [0.2, 0.25) is 0 Å². The SMILES string of the molecule is Cc1cc(N)c(Sc2cc(N)ccc2N)cc1N. The first-order chi connectivity index (χ1) is 8.47. The van der Waals surface area contributed by atoms with Crippen LogP contribution in [-0.4, -0.2) is 0 Å². The Morgan fingerprint density at radius 2 is 1.44 bits per heavy atom. The number of benzene rings is 2. The molecule has 4 nitrogen and oxygen atoms in total. The maximum absolute atomic E-state index is 5.98. The second kappa shape index (κ2) is 4.70. The van der Waals surface area contributed by atoms with Gasteiger partial charge in [-0.2, -0.15) is 0 Å². The number of nitrogen functional groups attached to an aromatic ring is 4. The molecule has 5 heteroatoms. The molecule has 0 unspecified atom stereocenters. The van der Waals surface area contributed by atoms with Gasteiger partial charge in [-0.1, -0.05) is 11.8 Å². The lowest BCUT2D eigenvalue weighted by molar-refractivity contribution is 1.37. The zero-order chi connectivity index (χ0) is 13.3. The van der Waals surface area contributed by atoms with Crippen molar-refractivity contribution in [3.63, 3.8) is 0 Å². The summed E-state index contributed by atoms with van der Waals surface area (Å²) in [7, 11) is 0. The molecule has 0 aliphatic heterocycles.